The van der Waals surface area contributed by atoms with E-state index < -0.39 is 30.4 Å². The van der Waals surface area contributed by atoms with Crippen LogP contribution in [0.15, 0.2) is 35.5 Å². The van der Waals surface area contributed by atoms with Crippen molar-refractivity contribution in [2.75, 3.05) is 18.8 Å². The summed E-state index contributed by atoms with van der Waals surface area (Å²) in [4.78, 5) is 21.6. The van der Waals surface area contributed by atoms with E-state index >= 15 is 0 Å². The number of hydrogen-bond acceptors (Lipinski definition) is 6. The number of nitrogens with zero attached hydrogens (tertiary/aromatic N) is 4. The van der Waals surface area contributed by atoms with E-state index in [1.165, 1.54) is 17.8 Å². The van der Waals surface area contributed by atoms with Crippen LogP contribution in [0, 0.1) is 0 Å². The Hall–Kier alpha value is -2.39. The first-order chi connectivity index (χ1) is 12.4. The molecule has 2 aliphatic rings. The van der Waals surface area contributed by atoms with Gasteiger partial charge in [0.05, 0.1) is 6.10 Å². The zero-order valence-electron chi connectivity index (χ0n) is 14.0. The van der Waals surface area contributed by atoms with Crippen molar-refractivity contribution in [3.63, 3.8) is 0 Å². The van der Waals surface area contributed by atoms with Gasteiger partial charge in [0.15, 0.2) is 0 Å². The second-order valence-corrected chi connectivity index (χ2v) is 6.75. The Morgan fingerprint density at radius 2 is 2.19 bits per heavy atom. The fraction of sp³-hybridized carbons (Fsp3) is 0.471. The summed E-state index contributed by atoms with van der Waals surface area (Å²) in [5.41, 5.74) is 6.93. The average Bonchev–Trinajstić information content (AvgIpc) is 2.89. The largest absolute Gasteiger partial charge is 0.383 e. The fourth-order valence-electron chi connectivity index (χ4n) is 3.60. The minimum atomic E-state index is -3.15. The van der Waals surface area contributed by atoms with Gasteiger partial charge in [0.25, 0.3) is 5.92 Å². The summed E-state index contributed by atoms with van der Waals surface area (Å²) < 4.78 is 35.3. The molecule has 4 heterocycles. The zero-order valence-corrected chi connectivity index (χ0v) is 14.0. The molecule has 0 aliphatic carbocycles. The van der Waals surface area contributed by atoms with Crippen molar-refractivity contribution in [1.29, 1.82) is 0 Å². The van der Waals surface area contributed by atoms with Crippen LogP contribution < -0.4 is 11.4 Å². The van der Waals surface area contributed by atoms with Crippen LogP contribution in [0.5, 0.6) is 0 Å². The summed E-state index contributed by atoms with van der Waals surface area (Å²) in [6.45, 7) is 1.80. The fourth-order valence-corrected chi connectivity index (χ4v) is 3.60. The van der Waals surface area contributed by atoms with Crippen molar-refractivity contribution < 1.29 is 13.5 Å². The first-order valence-corrected chi connectivity index (χ1v) is 8.44. The third-order valence-electron chi connectivity index (χ3n) is 4.84. The highest BCUT2D eigenvalue weighted by Crippen LogP contribution is 2.42. The van der Waals surface area contributed by atoms with Gasteiger partial charge in [-0.25, -0.2) is 13.6 Å². The van der Waals surface area contributed by atoms with Crippen molar-refractivity contribution in [3.8, 4) is 0 Å². The highest BCUT2D eigenvalue weighted by Gasteiger charge is 2.52. The second-order valence-electron chi connectivity index (χ2n) is 6.75. The van der Waals surface area contributed by atoms with Gasteiger partial charge in [-0.3, -0.25) is 14.5 Å². The van der Waals surface area contributed by atoms with Crippen LogP contribution in [-0.2, 0) is 17.7 Å². The first-order valence-electron chi connectivity index (χ1n) is 8.44. The summed E-state index contributed by atoms with van der Waals surface area (Å²) in [5.74, 6) is -3.16. The van der Waals surface area contributed by atoms with Crippen LogP contribution in [0.2, 0.25) is 0 Å². The first kappa shape index (κ1) is 17.0. The summed E-state index contributed by atoms with van der Waals surface area (Å²) in [6, 6.07) is 3.30. The van der Waals surface area contributed by atoms with E-state index in [0.717, 1.165) is 23.1 Å². The average molecular weight is 363 g/mol. The van der Waals surface area contributed by atoms with Gasteiger partial charge in [-0.2, -0.15) is 4.98 Å². The van der Waals surface area contributed by atoms with Crippen molar-refractivity contribution in [2.24, 2.45) is 0 Å². The van der Waals surface area contributed by atoms with E-state index in [9.17, 15) is 13.6 Å². The molecular formula is C17H19F2N5O2. The topological polar surface area (TPSA) is 86.3 Å². The van der Waals surface area contributed by atoms with Gasteiger partial charge in [-0.05, 0) is 29.7 Å². The Morgan fingerprint density at radius 3 is 3.00 bits per heavy atom. The lowest BCUT2D eigenvalue weighted by atomic mass is 10.0. The maximum absolute atomic E-state index is 14.4. The molecule has 1 fully saturated rings. The molecular weight excluding hydrogens is 344 g/mol. The zero-order chi connectivity index (χ0) is 18.3. The molecule has 2 aromatic rings. The smallest absolute Gasteiger partial charge is 0.351 e. The standard InChI is InChI=1S/C17H19F2N5O2/c18-17(19)7-13(26-15(17)24-6-3-14(20)22-16(24)25)10-23-5-2-11-1-4-21-8-12(11)9-23/h1,3-4,6,8,13,15H,2,5,7,9-10H2,(H2,20,22,25)/t13-,15+/m0/s1. The molecule has 2 aromatic heterocycles. The normalized spacial score (nSPS) is 25.2. The van der Waals surface area contributed by atoms with Gasteiger partial charge >= 0.3 is 5.69 Å². The predicted octanol–water partition coefficient (Wildman–Crippen LogP) is 1.20. The number of nitrogens with two attached hydrogens (primary N) is 1. The molecule has 2 atom stereocenters. The van der Waals surface area contributed by atoms with Crippen LogP contribution in [0.25, 0.3) is 0 Å². The SMILES string of the molecule is Nc1ccn([C@@H]2O[C@H](CN3CCc4ccncc4C3)CC2(F)F)c(=O)n1. The molecule has 2 N–H and O–H groups in total. The van der Waals surface area contributed by atoms with Gasteiger partial charge in [0, 0.05) is 44.6 Å². The number of pyridine rings is 1. The van der Waals surface area contributed by atoms with Crippen molar-refractivity contribution in [1.82, 2.24) is 19.4 Å². The molecule has 0 spiro atoms. The van der Waals surface area contributed by atoms with Gasteiger partial charge in [-0.1, -0.05) is 0 Å². The van der Waals surface area contributed by atoms with E-state index in [1.807, 2.05) is 12.3 Å². The molecule has 1 saturated heterocycles. The van der Waals surface area contributed by atoms with Gasteiger partial charge < -0.3 is 10.5 Å². The molecule has 7 nitrogen and oxygen atoms in total. The third kappa shape index (κ3) is 3.19. The summed E-state index contributed by atoms with van der Waals surface area (Å²) >= 11 is 0. The number of ether oxygens (including phenoxy) is 1. The van der Waals surface area contributed by atoms with E-state index in [2.05, 4.69) is 14.9 Å². The van der Waals surface area contributed by atoms with Crippen LogP contribution in [0.3, 0.4) is 0 Å². The van der Waals surface area contributed by atoms with Crippen molar-refractivity contribution >= 4 is 5.82 Å². The van der Waals surface area contributed by atoms with Gasteiger partial charge in [-0.15, -0.1) is 0 Å². The number of fused-ring (bicyclic) bond motifs is 1. The summed E-state index contributed by atoms with van der Waals surface area (Å²) in [6.07, 6.45) is 2.86. The predicted molar refractivity (Wildman–Crippen MR) is 89.6 cm³/mol. The van der Waals surface area contributed by atoms with Crippen molar-refractivity contribution in [3.05, 3.63) is 52.3 Å². The molecule has 2 aliphatic heterocycles. The number of aromatic nitrogens is 3. The van der Waals surface area contributed by atoms with Gasteiger partial charge in [0.1, 0.15) is 5.82 Å². The van der Waals surface area contributed by atoms with Crippen LogP contribution in [-0.4, -0.2) is 44.6 Å². The molecule has 4 rings (SSSR count). The quantitative estimate of drug-likeness (QED) is 0.882. The number of anilines is 1. The van der Waals surface area contributed by atoms with Crippen LogP contribution >= 0.6 is 0 Å². The maximum atomic E-state index is 14.4. The van der Waals surface area contributed by atoms with E-state index in [0.29, 0.717) is 13.1 Å². The number of nitrogen functional groups attached to an aromatic ring is 1. The highest BCUT2D eigenvalue weighted by atomic mass is 19.3. The van der Waals surface area contributed by atoms with E-state index in [4.69, 9.17) is 10.5 Å². The maximum Gasteiger partial charge on any atom is 0.351 e. The summed E-state index contributed by atoms with van der Waals surface area (Å²) in [5, 5.41) is 0. The molecule has 0 saturated carbocycles. The molecule has 0 aromatic carbocycles. The molecule has 0 bridgehead atoms. The van der Waals surface area contributed by atoms with Gasteiger partial charge in [0.2, 0.25) is 6.23 Å². The molecule has 0 radical (unpaired) electrons. The monoisotopic (exact) mass is 363 g/mol. The number of hydrogen-bond donors (Lipinski definition) is 1. The van der Waals surface area contributed by atoms with E-state index in [-0.39, 0.29) is 5.82 Å². The van der Waals surface area contributed by atoms with Crippen LogP contribution in [0.4, 0.5) is 14.6 Å². The minimum absolute atomic E-state index is 0.00953. The Kier molecular flexibility index (Phi) is 4.20. The Labute approximate surface area is 148 Å². The van der Waals surface area contributed by atoms with Crippen molar-refractivity contribution in [2.45, 2.75) is 37.6 Å². The molecule has 0 unspecified atom stereocenters. The lowest BCUT2D eigenvalue weighted by molar-refractivity contribution is -0.119. The lowest BCUT2D eigenvalue weighted by Gasteiger charge is -2.30. The van der Waals surface area contributed by atoms with Crippen LogP contribution in [0.1, 0.15) is 23.8 Å². The Balaban J connectivity index is 1.47. The van der Waals surface area contributed by atoms with E-state index in [1.54, 1.807) is 6.20 Å². The number of halogens is 2. The molecule has 0 amide bonds. The third-order valence-corrected chi connectivity index (χ3v) is 4.84. The molecule has 138 valence electrons. The second kappa shape index (κ2) is 6.40. The summed E-state index contributed by atoms with van der Waals surface area (Å²) in [7, 11) is 0. The molecule has 26 heavy (non-hydrogen) atoms. The number of rotatable bonds is 3. The number of alkyl halides is 2. The molecule has 9 heteroatoms. The highest BCUT2D eigenvalue weighted by molar-refractivity contribution is 5.25. The minimum Gasteiger partial charge on any atom is -0.383 e. The Morgan fingerprint density at radius 1 is 1.35 bits per heavy atom. The lowest BCUT2D eigenvalue weighted by Crippen LogP contribution is -2.37. The Bertz CT molecular complexity index is 872.